The van der Waals surface area contributed by atoms with E-state index in [4.69, 9.17) is 9.84 Å². The number of nitrogens with one attached hydrogen (secondary N) is 4. The Hall–Kier alpha value is -4.61. The number of hydrogen-bond donors (Lipinski definition) is 5. The van der Waals surface area contributed by atoms with E-state index in [2.05, 4.69) is 26.3 Å². The molecule has 1 aliphatic rings. The van der Waals surface area contributed by atoms with E-state index >= 15 is 0 Å². The van der Waals surface area contributed by atoms with Gasteiger partial charge in [-0.05, 0) is 36.2 Å². The second-order valence-electron chi connectivity index (χ2n) is 9.30. The van der Waals surface area contributed by atoms with Crippen LogP contribution >= 0.6 is 0 Å². The third kappa shape index (κ3) is 8.45. The lowest BCUT2D eigenvalue weighted by atomic mass is 10.1. The smallest absolute Gasteiger partial charge is 0.323 e. The summed E-state index contributed by atoms with van der Waals surface area (Å²) in [6.07, 6.45) is -0.151. The van der Waals surface area contributed by atoms with Gasteiger partial charge in [0.2, 0.25) is 11.8 Å². The number of anilines is 2. The van der Waals surface area contributed by atoms with Crippen LogP contribution in [0, 0.1) is 6.92 Å². The highest BCUT2D eigenvalue weighted by Crippen LogP contribution is 2.26. The predicted octanol–water partition coefficient (Wildman–Crippen LogP) is 2.00. The number of aryl methyl sites for hydroxylation is 1. The number of ether oxygens (including phenoxy) is 1. The van der Waals surface area contributed by atoms with E-state index in [1.165, 1.54) is 18.9 Å². The number of likely N-dealkylation sites (N-methyl/N-ethyl adjacent to an activating group) is 1. The maximum absolute atomic E-state index is 12.9. The molecule has 5 N–H and O–H groups in total. The third-order valence-electron chi connectivity index (χ3n) is 6.18. The molecule has 0 fully saturated rings. The average Bonchev–Trinajstić information content (AvgIpc) is 3.33. The zero-order chi connectivity index (χ0) is 28.5. The number of amides is 4. The van der Waals surface area contributed by atoms with Crippen LogP contribution in [0.4, 0.5) is 16.2 Å². The summed E-state index contributed by atoms with van der Waals surface area (Å²) in [4.78, 5) is 53.9. The summed E-state index contributed by atoms with van der Waals surface area (Å²) in [6.45, 7) is 3.72. The average molecular weight is 539 g/mol. The van der Waals surface area contributed by atoms with Gasteiger partial charge in [0.15, 0.2) is 0 Å². The van der Waals surface area contributed by atoms with Crippen LogP contribution in [0.5, 0.6) is 5.75 Å². The van der Waals surface area contributed by atoms with Crippen molar-refractivity contribution in [1.82, 2.24) is 15.5 Å². The molecule has 0 saturated carbocycles. The topological polar surface area (TPSA) is 161 Å². The van der Waals surface area contributed by atoms with Crippen molar-refractivity contribution in [3.63, 3.8) is 0 Å². The number of carboxylic acid groups (broad SMARTS) is 1. The van der Waals surface area contributed by atoms with Crippen molar-refractivity contribution in [2.45, 2.75) is 38.8 Å². The molecular formula is C27H34N6O6. The summed E-state index contributed by atoms with van der Waals surface area (Å²) in [6, 6.07) is 11.1. The SMILES string of the molecule is COc1cc(CC(=O)N(C)CC2=NCC(C(CC(=O)O)NC(C)=O)N2)ccc1NC(=O)Nc1ccccc1C. The molecule has 2 aromatic carbocycles. The van der Waals surface area contributed by atoms with Gasteiger partial charge in [0, 0.05) is 19.7 Å². The van der Waals surface area contributed by atoms with Gasteiger partial charge in [-0.3, -0.25) is 19.4 Å². The molecule has 1 aliphatic heterocycles. The van der Waals surface area contributed by atoms with Crippen LogP contribution in [-0.4, -0.2) is 79.0 Å². The lowest BCUT2D eigenvalue weighted by Crippen LogP contribution is -2.52. The second-order valence-corrected chi connectivity index (χ2v) is 9.30. The number of carboxylic acids is 1. The lowest BCUT2D eigenvalue weighted by molar-refractivity contribution is -0.138. The minimum absolute atomic E-state index is 0.0901. The maximum Gasteiger partial charge on any atom is 0.323 e. The fraction of sp³-hybridized carbons (Fsp3) is 0.370. The van der Waals surface area contributed by atoms with E-state index in [-0.39, 0.29) is 37.2 Å². The summed E-state index contributed by atoms with van der Waals surface area (Å²) in [5.41, 5.74) is 2.78. The van der Waals surface area contributed by atoms with Crippen LogP contribution in [0.3, 0.4) is 0 Å². The molecule has 2 aromatic rings. The highest BCUT2D eigenvalue weighted by molar-refractivity contribution is 6.01. The summed E-state index contributed by atoms with van der Waals surface area (Å²) in [7, 11) is 3.13. The van der Waals surface area contributed by atoms with Gasteiger partial charge in [-0.15, -0.1) is 0 Å². The first-order valence-electron chi connectivity index (χ1n) is 12.4. The van der Waals surface area contributed by atoms with Gasteiger partial charge in [0.1, 0.15) is 11.6 Å². The molecule has 208 valence electrons. The van der Waals surface area contributed by atoms with Crippen molar-refractivity contribution in [1.29, 1.82) is 0 Å². The third-order valence-corrected chi connectivity index (χ3v) is 6.18. The monoisotopic (exact) mass is 538 g/mol. The first-order chi connectivity index (χ1) is 18.5. The molecule has 0 saturated heterocycles. The maximum atomic E-state index is 12.9. The van der Waals surface area contributed by atoms with Crippen LogP contribution in [0.25, 0.3) is 0 Å². The first-order valence-corrected chi connectivity index (χ1v) is 12.4. The van der Waals surface area contributed by atoms with Gasteiger partial charge in [0.05, 0.1) is 50.8 Å². The molecule has 0 bridgehead atoms. The van der Waals surface area contributed by atoms with Crippen molar-refractivity contribution in [2.24, 2.45) is 4.99 Å². The van der Waals surface area contributed by atoms with Crippen LogP contribution in [-0.2, 0) is 20.8 Å². The van der Waals surface area contributed by atoms with Crippen molar-refractivity contribution in [3.8, 4) is 5.75 Å². The fourth-order valence-corrected chi connectivity index (χ4v) is 4.14. The first kappa shape index (κ1) is 29.0. The van der Waals surface area contributed by atoms with Gasteiger partial charge in [-0.25, -0.2) is 4.79 Å². The molecule has 1 heterocycles. The molecule has 39 heavy (non-hydrogen) atoms. The Morgan fingerprint density at radius 3 is 2.54 bits per heavy atom. The van der Waals surface area contributed by atoms with Gasteiger partial charge >= 0.3 is 12.0 Å². The van der Waals surface area contributed by atoms with E-state index < -0.39 is 18.0 Å². The summed E-state index contributed by atoms with van der Waals surface area (Å²) in [5, 5.41) is 20.5. The minimum Gasteiger partial charge on any atom is -0.495 e. The second kappa shape index (κ2) is 13.3. The number of aliphatic imine (C=N–C) groups is 1. The number of amidine groups is 1. The van der Waals surface area contributed by atoms with Gasteiger partial charge < -0.3 is 36.0 Å². The van der Waals surface area contributed by atoms with Crippen molar-refractivity contribution < 1.29 is 29.0 Å². The standard InChI is InChI=1S/C27H34N6O6/c1-16-7-5-6-8-19(16)31-27(38)32-20-10-9-18(11-23(20)39-4)12-25(35)33(3)15-24-28-14-22(30-24)21(13-26(36)37)29-17(2)34/h5-11,21-22H,12-15H2,1-4H3,(H,28,30)(H,29,34)(H,36,37)(H2,31,32,38). The van der Waals surface area contributed by atoms with Gasteiger partial charge in [-0.1, -0.05) is 24.3 Å². The Balaban J connectivity index is 1.55. The van der Waals surface area contributed by atoms with Crippen molar-refractivity contribution in [2.75, 3.05) is 37.9 Å². The minimum atomic E-state index is -1.03. The van der Waals surface area contributed by atoms with Gasteiger partial charge in [0.25, 0.3) is 0 Å². The molecule has 12 nitrogen and oxygen atoms in total. The van der Waals surface area contributed by atoms with E-state index in [9.17, 15) is 19.2 Å². The number of rotatable bonds is 11. The highest BCUT2D eigenvalue weighted by Gasteiger charge is 2.29. The van der Waals surface area contributed by atoms with Crippen molar-refractivity contribution in [3.05, 3.63) is 53.6 Å². The number of nitrogens with zero attached hydrogens (tertiary/aromatic N) is 2. The van der Waals surface area contributed by atoms with Crippen LogP contribution in [0.1, 0.15) is 24.5 Å². The summed E-state index contributed by atoms with van der Waals surface area (Å²) < 4.78 is 5.43. The lowest BCUT2D eigenvalue weighted by Gasteiger charge is -2.24. The molecule has 2 atom stereocenters. The largest absolute Gasteiger partial charge is 0.495 e. The zero-order valence-electron chi connectivity index (χ0n) is 22.4. The van der Waals surface area contributed by atoms with E-state index in [1.54, 1.807) is 25.2 Å². The number of urea groups is 1. The molecular weight excluding hydrogens is 504 g/mol. The van der Waals surface area contributed by atoms with E-state index in [1.807, 2.05) is 31.2 Å². The van der Waals surface area contributed by atoms with Crippen molar-refractivity contribution >= 4 is 41.0 Å². The Morgan fingerprint density at radius 2 is 1.87 bits per heavy atom. The molecule has 0 aromatic heterocycles. The number of carbonyl (C=O) groups is 4. The number of hydrogen-bond acceptors (Lipinski definition) is 7. The van der Waals surface area contributed by atoms with Gasteiger partial charge in [-0.2, -0.15) is 0 Å². The Morgan fingerprint density at radius 1 is 1.15 bits per heavy atom. The molecule has 0 spiro atoms. The number of benzene rings is 2. The predicted molar refractivity (Wildman–Crippen MR) is 147 cm³/mol. The highest BCUT2D eigenvalue weighted by atomic mass is 16.5. The van der Waals surface area contributed by atoms with E-state index in [0.29, 0.717) is 35.1 Å². The number of methoxy groups -OCH3 is 1. The summed E-state index contributed by atoms with van der Waals surface area (Å²) in [5.74, 6) is -0.581. The number of carbonyl (C=O) groups excluding carboxylic acids is 3. The van der Waals surface area contributed by atoms with Crippen LogP contribution in [0.15, 0.2) is 47.5 Å². The Kier molecular flexibility index (Phi) is 9.85. The molecule has 2 unspecified atom stereocenters. The number of para-hydroxylation sites is 1. The normalized spacial score (nSPS) is 14.9. The van der Waals surface area contributed by atoms with Crippen LogP contribution in [0.2, 0.25) is 0 Å². The molecule has 12 heteroatoms. The fourth-order valence-electron chi connectivity index (χ4n) is 4.14. The molecule has 3 rings (SSSR count). The Labute approximate surface area is 226 Å². The summed E-state index contributed by atoms with van der Waals surface area (Å²) >= 11 is 0. The molecule has 4 amide bonds. The van der Waals surface area contributed by atoms with E-state index in [0.717, 1.165) is 5.56 Å². The van der Waals surface area contributed by atoms with Crippen LogP contribution < -0.4 is 26.0 Å². The molecule has 0 aliphatic carbocycles. The zero-order valence-corrected chi connectivity index (χ0v) is 22.4. The quantitative estimate of drug-likeness (QED) is 0.292. The Bertz CT molecular complexity index is 1250. The molecule has 0 radical (unpaired) electrons. The number of aliphatic carboxylic acids is 1.